The van der Waals surface area contributed by atoms with E-state index < -0.39 is 60.2 Å². The second-order valence-corrected chi connectivity index (χ2v) is 9.19. The van der Waals surface area contributed by atoms with Gasteiger partial charge in [0.1, 0.15) is 17.2 Å². The molecule has 0 aromatic carbocycles. The standard InChI is InChI=1S/C22H20F5N3O3/c1-9-8-12-15-14(20(32)33)16(31)10(2)11(3)30(15)13-4-5-21(23,24)6-7-29(19(13)30)18(12)28-17(9)22(25,26)27/h8,13,19H,4-7H2,1-3H3/p+1. The van der Waals surface area contributed by atoms with Crippen LogP contribution in [0, 0.1) is 6.92 Å². The molecule has 176 valence electrons. The normalized spacial score (nSPS) is 30.3. The molecule has 2 fully saturated rings. The quantitative estimate of drug-likeness (QED) is 0.288. The van der Waals surface area contributed by atoms with E-state index in [1.807, 2.05) is 0 Å². The number of alkyl halides is 5. The first kappa shape index (κ1) is 22.0. The van der Waals surface area contributed by atoms with Gasteiger partial charge in [0, 0.05) is 32.7 Å². The number of carboxylic acids is 1. The highest BCUT2D eigenvalue weighted by molar-refractivity contribution is 6.28. The summed E-state index contributed by atoms with van der Waals surface area (Å²) in [6.45, 7) is 4.15. The zero-order valence-corrected chi connectivity index (χ0v) is 18.1. The number of quaternary nitrogens is 1. The zero-order valence-electron chi connectivity index (χ0n) is 18.1. The molecule has 33 heavy (non-hydrogen) atoms. The van der Waals surface area contributed by atoms with Crippen LogP contribution in [-0.2, 0) is 15.8 Å². The summed E-state index contributed by atoms with van der Waals surface area (Å²) in [4.78, 5) is 30.6. The van der Waals surface area contributed by atoms with E-state index in [2.05, 4.69) is 4.98 Å². The third kappa shape index (κ3) is 2.71. The number of nitrogens with zero attached hydrogens (tertiary/aromatic N) is 3. The molecule has 6 nitrogen and oxygen atoms in total. The number of hydrogen-bond acceptors (Lipinski definition) is 4. The van der Waals surface area contributed by atoms with Crippen molar-refractivity contribution in [1.29, 1.82) is 0 Å². The van der Waals surface area contributed by atoms with Crippen LogP contribution in [0.25, 0.3) is 5.70 Å². The predicted molar refractivity (Wildman–Crippen MR) is 106 cm³/mol. The van der Waals surface area contributed by atoms with Gasteiger partial charge in [-0.05, 0) is 25.5 Å². The van der Waals surface area contributed by atoms with Crippen molar-refractivity contribution in [3.05, 3.63) is 39.7 Å². The Morgan fingerprint density at radius 2 is 1.91 bits per heavy atom. The Hall–Kier alpha value is -2.82. The van der Waals surface area contributed by atoms with E-state index in [0.29, 0.717) is 5.70 Å². The van der Waals surface area contributed by atoms with Crippen molar-refractivity contribution in [2.24, 2.45) is 0 Å². The third-order valence-electron chi connectivity index (χ3n) is 7.51. The van der Waals surface area contributed by atoms with Gasteiger partial charge in [-0.15, -0.1) is 0 Å². The maximum Gasteiger partial charge on any atom is 0.433 e. The van der Waals surface area contributed by atoms with Crippen LogP contribution in [0.1, 0.15) is 49.9 Å². The van der Waals surface area contributed by atoms with Crippen LogP contribution < -0.4 is 4.90 Å². The molecule has 0 aliphatic carbocycles. The molecule has 5 rings (SSSR count). The van der Waals surface area contributed by atoms with Gasteiger partial charge >= 0.3 is 12.1 Å². The summed E-state index contributed by atoms with van der Waals surface area (Å²) in [5.41, 5.74) is -1.02. The van der Waals surface area contributed by atoms with Crippen molar-refractivity contribution in [2.45, 2.75) is 64.3 Å². The number of carboxylic acid groups (broad SMARTS) is 1. The number of allylic oxidation sites excluding steroid dienone is 2. The van der Waals surface area contributed by atoms with Gasteiger partial charge in [0.15, 0.2) is 17.3 Å². The predicted octanol–water partition coefficient (Wildman–Crippen LogP) is 4.25. The molecule has 4 aliphatic heterocycles. The van der Waals surface area contributed by atoms with E-state index >= 15 is 0 Å². The molecule has 5 heterocycles. The number of pyridine rings is 1. The van der Waals surface area contributed by atoms with Crippen LogP contribution in [0.3, 0.4) is 0 Å². The average Bonchev–Trinajstić information content (AvgIpc) is 3.35. The van der Waals surface area contributed by atoms with Gasteiger partial charge in [-0.1, -0.05) is 0 Å². The molecule has 0 bridgehead atoms. The largest absolute Gasteiger partial charge is 0.477 e. The number of aryl methyl sites for hydroxylation is 1. The number of ketones is 1. The summed E-state index contributed by atoms with van der Waals surface area (Å²) in [7, 11) is 0. The van der Waals surface area contributed by atoms with Crippen molar-refractivity contribution in [2.75, 3.05) is 11.4 Å². The minimum absolute atomic E-state index is 0.0302. The lowest BCUT2D eigenvalue weighted by Gasteiger charge is -2.38. The van der Waals surface area contributed by atoms with Crippen molar-refractivity contribution in [3.8, 4) is 0 Å². The zero-order chi connectivity index (χ0) is 24.2. The van der Waals surface area contributed by atoms with E-state index in [1.54, 1.807) is 6.92 Å². The number of halogens is 5. The molecule has 4 aliphatic rings. The molecule has 1 N–H and O–H groups in total. The molecule has 0 saturated carbocycles. The third-order valence-corrected chi connectivity index (χ3v) is 7.51. The van der Waals surface area contributed by atoms with Gasteiger partial charge in [0.2, 0.25) is 17.9 Å². The van der Waals surface area contributed by atoms with Gasteiger partial charge in [-0.2, -0.15) is 13.2 Å². The van der Waals surface area contributed by atoms with E-state index in [1.165, 1.54) is 24.8 Å². The highest BCUT2D eigenvalue weighted by atomic mass is 19.4. The maximum absolute atomic E-state index is 14.5. The minimum atomic E-state index is -4.78. The molecule has 0 radical (unpaired) electrons. The fourth-order valence-electron chi connectivity index (χ4n) is 5.95. The number of fused-ring (bicyclic) bond motifs is 3. The lowest BCUT2D eigenvalue weighted by Crippen LogP contribution is -2.46. The summed E-state index contributed by atoms with van der Waals surface area (Å²) in [5.74, 6) is -5.43. The van der Waals surface area contributed by atoms with Crippen LogP contribution in [0.2, 0.25) is 0 Å². The van der Waals surface area contributed by atoms with Crippen LogP contribution >= 0.6 is 0 Å². The number of carbonyl (C=O) groups is 2. The lowest BCUT2D eigenvalue weighted by molar-refractivity contribution is -0.710. The van der Waals surface area contributed by atoms with Crippen LogP contribution in [-0.4, -0.2) is 51.0 Å². The van der Waals surface area contributed by atoms with Crippen molar-refractivity contribution >= 4 is 23.3 Å². The number of aromatic nitrogens is 1. The lowest BCUT2D eigenvalue weighted by atomic mass is 9.90. The fourth-order valence-corrected chi connectivity index (χ4v) is 5.95. The summed E-state index contributed by atoms with van der Waals surface area (Å²) in [5, 5.41) is 9.95. The summed E-state index contributed by atoms with van der Waals surface area (Å²) in [6.07, 6.45) is -6.32. The first-order valence-electron chi connectivity index (χ1n) is 10.6. The Kier molecular flexibility index (Phi) is 4.26. The molecule has 3 atom stereocenters. The van der Waals surface area contributed by atoms with Crippen LogP contribution in [0.4, 0.5) is 27.8 Å². The highest BCUT2D eigenvalue weighted by Gasteiger charge is 2.78. The molecule has 11 heteroatoms. The second kappa shape index (κ2) is 6.40. The Morgan fingerprint density at radius 3 is 2.52 bits per heavy atom. The first-order valence-corrected chi connectivity index (χ1v) is 10.6. The summed E-state index contributed by atoms with van der Waals surface area (Å²) < 4.78 is 69.8. The van der Waals surface area contributed by atoms with Crippen molar-refractivity contribution < 1.29 is 41.1 Å². The number of Topliss-reactive ketones (excluding diaryl/α,β-unsaturated/α-hetero) is 1. The molecule has 0 amide bonds. The highest BCUT2D eigenvalue weighted by Crippen LogP contribution is 2.65. The summed E-state index contributed by atoms with van der Waals surface area (Å²) in [6, 6.07) is 0.673. The van der Waals surface area contributed by atoms with E-state index in [4.69, 9.17) is 0 Å². The van der Waals surface area contributed by atoms with E-state index in [9.17, 15) is 36.6 Å². The fraction of sp³-hybridized carbons (Fsp3) is 0.500. The Balaban J connectivity index is 1.87. The number of anilines is 1. The Bertz CT molecular complexity index is 1200. The van der Waals surface area contributed by atoms with Gasteiger partial charge in [-0.25, -0.2) is 23.0 Å². The Labute approximate surface area is 185 Å². The Morgan fingerprint density at radius 1 is 1.24 bits per heavy atom. The van der Waals surface area contributed by atoms with Gasteiger partial charge in [0.05, 0.1) is 11.1 Å². The van der Waals surface area contributed by atoms with Gasteiger partial charge in [0.25, 0.3) is 0 Å². The van der Waals surface area contributed by atoms with Gasteiger partial charge < -0.3 is 10.0 Å². The molecule has 1 spiro atoms. The van der Waals surface area contributed by atoms with E-state index in [0.717, 1.165) is 0 Å². The second-order valence-electron chi connectivity index (χ2n) is 9.19. The summed E-state index contributed by atoms with van der Waals surface area (Å²) >= 11 is 0. The van der Waals surface area contributed by atoms with Crippen LogP contribution in [0.5, 0.6) is 0 Å². The molecule has 3 unspecified atom stereocenters. The van der Waals surface area contributed by atoms with Crippen LogP contribution in [0.15, 0.2) is 22.9 Å². The average molecular weight is 470 g/mol. The molecular formula is C22H21F5N3O3+. The number of carbonyl (C=O) groups excluding carboxylic acids is 1. The minimum Gasteiger partial charge on any atom is -0.477 e. The molecule has 2 saturated heterocycles. The SMILES string of the molecule is CC1=C(C)[N+]23C(=C(C(=O)O)C1=O)c1cc(C)c(C(F)(F)F)nc1N1CCC(F)(F)CCC2C13. The monoisotopic (exact) mass is 470 g/mol. The number of rotatable bonds is 1. The first-order chi connectivity index (χ1) is 15.2. The number of hydrogen-bond donors (Lipinski definition) is 1. The van der Waals surface area contributed by atoms with Gasteiger partial charge in [-0.3, -0.25) is 4.79 Å². The maximum atomic E-state index is 14.5. The smallest absolute Gasteiger partial charge is 0.433 e. The van der Waals surface area contributed by atoms with E-state index in [-0.39, 0.29) is 45.7 Å². The van der Waals surface area contributed by atoms with Crippen molar-refractivity contribution in [1.82, 2.24) is 4.98 Å². The number of aliphatic carboxylic acids is 1. The van der Waals surface area contributed by atoms with Crippen molar-refractivity contribution in [3.63, 3.8) is 0 Å². The molecular weight excluding hydrogens is 449 g/mol. The topological polar surface area (TPSA) is 70.5 Å². The molecule has 1 aromatic heterocycles. The molecule has 1 aromatic rings.